The summed E-state index contributed by atoms with van der Waals surface area (Å²) in [5.74, 6) is 1.14. The number of rotatable bonds is 4. The second-order valence-corrected chi connectivity index (χ2v) is 8.42. The Morgan fingerprint density at radius 2 is 1.80 bits per heavy atom. The Labute approximate surface area is 175 Å². The largest absolute Gasteiger partial charge is 0.345 e. The number of amides is 2. The van der Waals surface area contributed by atoms with Gasteiger partial charge in [-0.1, -0.05) is 42.5 Å². The van der Waals surface area contributed by atoms with Gasteiger partial charge in [-0.3, -0.25) is 4.57 Å². The van der Waals surface area contributed by atoms with Crippen LogP contribution in [0.4, 0.5) is 4.79 Å². The summed E-state index contributed by atoms with van der Waals surface area (Å²) < 4.78 is 3.35. The summed E-state index contributed by atoms with van der Waals surface area (Å²) in [6.07, 6.45) is 3.80. The van der Waals surface area contributed by atoms with E-state index >= 15 is 0 Å². The average molecular weight is 406 g/mol. The summed E-state index contributed by atoms with van der Waals surface area (Å²) in [6.45, 7) is 1.88. The van der Waals surface area contributed by atoms with Gasteiger partial charge in [0.05, 0.1) is 0 Å². The van der Waals surface area contributed by atoms with Gasteiger partial charge in [-0.2, -0.15) is 5.10 Å². The molecular formula is C23H27N5O2. The molecule has 30 heavy (non-hydrogen) atoms. The standard InChI is InChI=1S/C23H27N5O2/c1-26-23(30)28(19-9-10-19)21(25-26)17-11-13-27(14-12-17)22(29)24-15-18-7-4-6-16-5-2-3-8-20(16)18/h2-8,17,19H,9-15H2,1H3,(H,24,29). The van der Waals surface area contributed by atoms with Crippen molar-refractivity contribution in [2.45, 2.75) is 44.2 Å². The number of aryl methyl sites for hydroxylation is 1. The molecule has 2 aromatic carbocycles. The van der Waals surface area contributed by atoms with Crippen LogP contribution in [0.15, 0.2) is 47.3 Å². The zero-order valence-electron chi connectivity index (χ0n) is 17.3. The molecule has 0 spiro atoms. The summed E-state index contributed by atoms with van der Waals surface area (Å²) in [4.78, 5) is 27.0. The van der Waals surface area contributed by atoms with Gasteiger partial charge in [0.2, 0.25) is 0 Å². The van der Waals surface area contributed by atoms with Crippen LogP contribution in [-0.2, 0) is 13.6 Å². The molecule has 1 saturated heterocycles. The Balaban J connectivity index is 1.21. The molecule has 1 aliphatic carbocycles. The SMILES string of the molecule is Cn1nc(C2CCN(C(=O)NCc3cccc4ccccc34)CC2)n(C2CC2)c1=O. The predicted octanol–water partition coefficient (Wildman–Crippen LogP) is 3.16. The maximum atomic E-state index is 12.7. The van der Waals surface area contributed by atoms with Crippen LogP contribution in [0.5, 0.6) is 0 Å². The first kappa shape index (κ1) is 18.9. The highest BCUT2D eigenvalue weighted by Gasteiger charge is 2.34. The topological polar surface area (TPSA) is 72.2 Å². The lowest BCUT2D eigenvalue weighted by Gasteiger charge is -2.31. The Kier molecular flexibility index (Phi) is 4.81. The van der Waals surface area contributed by atoms with Crippen molar-refractivity contribution in [3.05, 3.63) is 64.3 Å². The van der Waals surface area contributed by atoms with Crippen LogP contribution in [0.2, 0.25) is 0 Å². The lowest BCUT2D eigenvalue weighted by atomic mass is 9.96. The molecule has 5 rings (SSSR count). The van der Waals surface area contributed by atoms with Gasteiger partial charge in [0.15, 0.2) is 0 Å². The molecule has 7 heteroatoms. The van der Waals surface area contributed by atoms with Crippen molar-refractivity contribution in [1.29, 1.82) is 0 Å². The molecule has 2 amide bonds. The Morgan fingerprint density at radius 1 is 1.07 bits per heavy atom. The molecule has 0 bridgehead atoms. The number of carbonyl (C=O) groups is 1. The third-order valence-corrected chi connectivity index (χ3v) is 6.35. The van der Waals surface area contributed by atoms with Crippen molar-refractivity contribution in [2.75, 3.05) is 13.1 Å². The number of likely N-dealkylation sites (tertiary alicyclic amines) is 1. The highest BCUT2D eigenvalue weighted by atomic mass is 16.2. The van der Waals surface area contributed by atoms with E-state index in [1.165, 1.54) is 15.5 Å². The molecule has 0 unspecified atom stereocenters. The molecule has 0 radical (unpaired) electrons. The Hall–Kier alpha value is -3.09. The number of benzene rings is 2. The number of hydrogen-bond donors (Lipinski definition) is 1. The molecule has 2 fully saturated rings. The van der Waals surface area contributed by atoms with E-state index in [4.69, 9.17) is 0 Å². The predicted molar refractivity (Wildman–Crippen MR) is 115 cm³/mol. The number of aromatic nitrogens is 3. The van der Waals surface area contributed by atoms with Gasteiger partial charge >= 0.3 is 11.7 Å². The number of fused-ring (bicyclic) bond motifs is 1. The molecule has 156 valence electrons. The third kappa shape index (κ3) is 3.49. The highest BCUT2D eigenvalue weighted by molar-refractivity contribution is 5.86. The molecule has 1 N–H and O–H groups in total. The van der Waals surface area contributed by atoms with Crippen molar-refractivity contribution in [2.24, 2.45) is 7.05 Å². The molecule has 1 aromatic heterocycles. The second kappa shape index (κ2) is 7.63. The van der Waals surface area contributed by atoms with E-state index in [-0.39, 0.29) is 17.6 Å². The van der Waals surface area contributed by atoms with Gasteiger partial charge in [0.1, 0.15) is 5.82 Å². The first-order valence-corrected chi connectivity index (χ1v) is 10.8. The molecule has 0 atom stereocenters. The van der Waals surface area contributed by atoms with Crippen LogP contribution < -0.4 is 11.0 Å². The smallest absolute Gasteiger partial charge is 0.334 e. The van der Waals surface area contributed by atoms with Gasteiger partial charge in [-0.05, 0) is 42.0 Å². The van der Waals surface area contributed by atoms with E-state index in [1.807, 2.05) is 27.7 Å². The van der Waals surface area contributed by atoms with Gasteiger partial charge in [0.25, 0.3) is 0 Å². The average Bonchev–Trinajstić information content (AvgIpc) is 3.57. The van der Waals surface area contributed by atoms with Crippen LogP contribution in [0.1, 0.15) is 49.0 Å². The van der Waals surface area contributed by atoms with E-state index in [2.05, 4.69) is 34.7 Å². The van der Waals surface area contributed by atoms with Crippen LogP contribution in [0.25, 0.3) is 10.8 Å². The minimum absolute atomic E-state index is 0.0113. The zero-order valence-corrected chi connectivity index (χ0v) is 17.3. The van der Waals surface area contributed by atoms with Crippen molar-refractivity contribution < 1.29 is 4.79 Å². The van der Waals surface area contributed by atoms with E-state index in [1.54, 1.807) is 7.05 Å². The normalized spacial score (nSPS) is 17.4. The number of nitrogens with zero attached hydrogens (tertiary/aromatic N) is 4. The van der Waals surface area contributed by atoms with Crippen LogP contribution in [0.3, 0.4) is 0 Å². The first-order chi connectivity index (χ1) is 14.6. The fourth-order valence-corrected chi connectivity index (χ4v) is 4.52. The molecule has 2 aliphatic rings. The van der Waals surface area contributed by atoms with E-state index in [9.17, 15) is 9.59 Å². The maximum absolute atomic E-state index is 12.7. The van der Waals surface area contributed by atoms with E-state index in [0.29, 0.717) is 25.7 Å². The maximum Gasteiger partial charge on any atom is 0.345 e. The van der Waals surface area contributed by atoms with Gasteiger partial charge in [0, 0.05) is 38.6 Å². The monoisotopic (exact) mass is 405 g/mol. The van der Waals surface area contributed by atoms with Crippen LogP contribution in [-0.4, -0.2) is 38.4 Å². The number of urea groups is 1. The summed E-state index contributed by atoms with van der Waals surface area (Å²) in [5.41, 5.74) is 1.11. The van der Waals surface area contributed by atoms with Crippen LogP contribution >= 0.6 is 0 Å². The summed E-state index contributed by atoms with van der Waals surface area (Å²) >= 11 is 0. The number of hydrogen-bond acceptors (Lipinski definition) is 3. The number of carbonyl (C=O) groups excluding carboxylic acids is 1. The fourth-order valence-electron chi connectivity index (χ4n) is 4.52. The quantitative estimate of drug-likeness (QED) is 0.725. The van der Waals surface area contributed by atoms with Gasteiger partial charge < -0.3 is 10.2 Å². The minimum Gasteiger partial charge on any atom is -0.334 e. The van der Waals surface area contributed by atoms with Crippen LogP contribution in [0, 0.1) is 0 Å². The summed E-state index contributed by atoms with van der Waals surface area (Å²) in [7, 11) is 1.72. The lowest BCUT2D eigenvalue weighted by Crippen LogP contribution is -2.44. The van der Waals surface area contributed by atoms with E-state index in [0.717, 1.165) is 37.1 Å². The Bertz CT molecular complexity index is 1130. The third-order valence-electron chi connectivity index (χ3n) is 6.35. The Morgan fingerprint density at radius 3 is 2.57 bits per heavy atom. The zero-order chi connectivity index (χ0) is 20.7. The summed E-state index contributed by atoms with van der Waals surface area (Å²) in [6, 6.07) is 14.7. The lowest BCUT2D eigenvalue weighted by molar-refractivity contribution is 0.179. The molecule has 1 saturated carbocycles. The number of nitrogens with one attached hydrogen (secondary N) is 1. The molecule has 3 aromatic rings. The number of piperidine rings is 1. The molecule has 7 nitrogen and oxygen atoms in total. The van der Waals surface area contributed by atoms with Crippen molar-refractivity contribution >= 4 is 16.8 Å². The second-order valence-electron chi connectivity index (χ2n) is 8.42. The highest BCUT2D eigenvalue weighted by Crippen LogP contribution is 2.37. The molecule has 2 heterocycles. The summed E-state index contributed by atoms with van der Waals surface area (Å²) in [5, 5.41) is 9.95. The van der Waals surface area contributed by atoms with Crippen molar-refractivity contribution in [3.63, 3.8) is 0 Å². The van der Waals surface area contributed by atoms with Crippen molar-refractivity contribution in [1.82, 2.24) is 24.6 Å². The van der Waals surface area contributed by atoms with Gasteiger partial charge in [-0.15, -0.1) is 0 Å². The molecule has 1 aliphatic heterocycles. The minimum atomic E-state index is -0.0259. The molecular weight excluding hydrogens is 378 g/mol. The van der Waals surface area contributed by atoms with Gasteiger partial charge in [-0.25, -0.2) is 14.3 Å². The van der Waals surface area contributed by atoms with Crippen molar-refractivity contribution in [3.8, 4) is 0 Å². The fraction of sp³-hybridized carbons (Fsp3) is 0.435. The first-order valence-electron chi connectivity index (χ1n) is 10.8. The van der Waals surface area contributed by atoms with E-state index < -0.39 is 0 Å².